The van der Waals surface area contributed by atoms with Gasteiger partial charge in [0.1, 0.15) is 5.75 Å². The minimum absolute atomic E-state index is 0.0332. The van der Waals surface area contributed by atoms with Gasteiger partial charge in [-0.1, -0.05) is 0 Å². The van der Waals surface area contributed by atoms with E-state index < -0.39 is 18.7 Å². The number of nitrogens with one attached hydrogen (secondary N) is 1. The van der Waals surface area contributed by atoms with E-state index in [1.54, 1.807) is 0 Å². The second kappa shape index (κ2) is 4.84. The van der Waals surface area contributed by atoms with E-state index in [9.17, 15) is 18.0 Å². The lowest BCUT2D eigenvalue weighted by atomic mass is 10.2. The number of alkyl halides is 3. The number of rotatable bonds is 3. The number of halogens is 3. The van der Waals surface area contributed by atoms with Gasteiger partial charge in [-0.2, -0.15) is 13.2 Å². The molecule has 88 valence electrons. The molecule has 1 aromatic rings. The number of hydrazine groups is 1. The lowest BCUT2D eigenvalue weighted by Gasteiger charge is -2.09. The molecule has 16 heavy (non-hydrogen) atoms. The highest BCUT2D eigenvalue weighted by Crippen LogP contribution is 2.18. The minimum atomic E-state index is -4.38. The van der Waals surface area contributed by atoms with Crippen LogP contribution in [-0.2, 0) is 0 Å². The highest BCUT2D eigenvalue weighted by Gasteiger charge is 2.28. The van der Waals surface area contributed by atoms with Gasteiger partial charge < -0.3 is 4.74 Å². The molecule has 0 aliphatic heterocycles. The molecule has 4 nitrogen and oxygen atoms in total. The fraction of sp³-hybridized carbons (Fsp3) is 0.222. The normalized spacial score (nSPS) is 11.0. The summed E-state index contributed by atoms with van der Waals surface area (Å²) in [5, 5.41) is 0. The van der Waals surface area contributed by atoms with Crippen LogP contribution in [-0.4, -0.2) is 18.7 Å². The largest absolute Gasteiger partial charge is 0.484 e. The Bertz CT molecular complexity index is 362. The summed E-state index contributed by atoms with van der Waals surface area (Å²) in [5.41, 5.74) is 2.14. The van der Waals surface area contributed by atoms with Crippen LogP contribution in [0.25, 0.3) is 0 Å². The smallest absolute Gasteiger partial charge is 0.422 e. The second-order valence-corrected chi connectivity index (χ2v) is 2.90. The Hall–Kier alpha value is -1.76. The lowest BCUT2D eigenvalue weighted by molar-refractivity contribution is -0.153. The predicted octanol–water partition coefficient (Wildman–Crippen LogP) is 1.23. The molecule has 1 aromatic carbocycles. The number of benzene rings is 1. The van der Waals surface area contributed by atoms with Gasteiger partial charge in [0.2, 0.25) is 0 Å². The number of hydrogen-bond acceptors (Lipinski definition) is 3. The number of hydrogen-bond donors (Lipinski definition) is 2. The molecule has 0 saturated heterocycles. The Morgan fingerprint density at radius 2 is 1.88 bits per heavy atom. The summed E-state index contributed by atoms with van der Waals surface area (Å²) in [5.74, 6) is 4.39. The quantitative estimate of drug-likeness (QED) is 0.469. The fourth-order valence-electron chi connectivity index (χ4n) is 0.951. The van der Waals surface area contributed by atoms with Crippen molar-refractivity contribution in [3.8, 4) is 5.75 Å². The van der Waals surface area contributed by atoms with Gasteiger partial charge in [-0.05, 0) is 24.3 Å². The summed E-state index contributed by atoms with van der Waals surface area (Å²) in [4.78, 5) is 11.0. The summed E-state index contributed by atoms with van der Waals surface area (Å²) in [6, 6.07) is 5.15. The van der Waals surface area contributed by atoms with Crippen molar-refractivity contribution in [2.75, 3.05) is 6.61 Å². The standard InChI is InChI=1S/C9H9F3N2O2/c10-9(11,12)5-16-7-3-1-6(2-4-7)8(15)14-13/h1-4H,5,13H2,(H,14,15). The van der Waals surface area contributed by atoms with Crippen LogP contribution in [0.2, 0.25) is 0 Å². The third-order valence-electron chi connectivity index (χ3n) is 1.65. The maximum atomic E-state index is 11.8. The fourth-order valence-corrected chi connectivity index (χ4v) is 0.951. The molecule has 0 fully saturated rings. The van der Waals surface area contributed by atoms with Crippen LogP contribution < -0.4 is 16.0 Å². The van der Waals surface area contributed by atoms with Crippen LogP contribution in [0.15, 0.2) is 24.3 Å². The molecule has 1 amide bonds. The van der Waals surface area contributed by atoms with Crippen molar-refractivity contribution in [2.45, 2.75) is 6.18 Å². The summed E-state index contributed by atoms with van der Waals surface area (Å²) >= 11 is 0. The SMILES string of the molecule is NNC(=O)c1ccc(OCC(F)(F)F)cc1. The zero-order chi connectivity index (χ0) is 12.2. The molecule has 0 bridgehead atoms. The molecule has 1 rings (SSSR count). The van der Waals surface area contributed by atoms with Gasteiger partial charge in [0.05, 0.1) is 0 Å². The topological polar surface area (TPSA) is 64.3 Å². The van der Waals surface area contributed by atoms with Crippen LogP contribution >= 0.6 is 0 Å². The first-order valence-corrected chi connectivity index (χ1v) is 4.23. The van der Waals surface area contributed by atoms with Crippen LogP contribution in [0.1, 0.15) is 10.4 Å². The van der Waals surface area contributed by atoms with Gasteiger partial charge in [0.25, 0.3) is 5.91 Å². The van der Waals surface area contributed by atoms with Crippen molar-refractivity contribution in [3.05, 3.63) is 29.8 Å². The van der Waals surface area contributed by atoms with E-state index in [1.165, 1.54) is 24.3 Å². The molecule has 3 N–H and O–H groups in total. The molecule has 0 heterocycles. The number of ether oxygens (including phenoxy) is 1. The van der Waals surface area contributed by atoms with Crippen LogP contribution in [0.3, 0.4) is 0 Å². The van der Waals surface area contributed by atoms with Crippen molar-refractivity contribution in [1.82, 2.24) is 5.43 Å². The molecular weight excluding hydrogens is 225 g/mol. The van der Waals surface area contributed by atoms with Gasteiger partial charge in [-0.15, -0.1) is 0 Å². The van der Waals surface area contributed by atoms with Gasteiger partial charge >= 0.3 is 6.18 Å². The maximum Gasteiger partial charge on any atom is 0.422 e. The molecule has 0 aliphatic rings. The molecule has 7 heteroatoms. The highest BCUT2D eigenvalue weighted by atomic mass is 19.4. The van der Waals surface area contributed by atoms with Gasteiger partial charge in [0.15, 0.2) is 6.61 Å². The highest BCUT2D eigenvalue weighted by molar-refractivity contribution is 5.93. The monoisotopic (exact) mass is 234 g/mol. The van der Waals surface area contributed by atoms with Crippen molar-refractivity contribution < 1.29 is 22.7 Å². The second-order valence-electron chi connectivity index (χ2n) is 2.90. The summed E-state index contributed by atoms with van der Waals surface area (Å²) < 4.78 is 39.8. The molecule has 0 radical (unpaired) electrons. The predicted molar refractivity (Wildman–Crippen MR) is 49.6 cm³/mol. The minimum Gasteiger partial charge on any atom is -0.484 e. The first kappa shape index (κ1) is 12.3. The molecule has 0 spiro atoms. The Morgan fingerprint density at radius 3 is 2.31 bits per heavy atom. The van der Waals surface area contributed by atoms with Crippen molar-refractivity contribution in [3.63, 3.8) is 0 Å². The van der Waals surface area contributed by atoms with E-state index in [0.29, 0.717) is 0 Å². The Labute approximate surface area is 89.2 Å². The average molecular weight is 234 g/mol. The van der Waals surface area contributed by atoms with Gasteiger partial charge in [-0.3, -0.25) is 10.2 Å². The van der Waals surface area contributed by atoms with Crippen LogP contribution in [0.4, 0.5) is 13.2 Å². The van der Waals surface area contributed by atoms with Crippen LogP contribution in [0, 0.1) is 0 Å². The van der Waals surface area contributed by atoms with Gasteiger partial charge in [0, 0.05) is 5.56 Å². The number of amides is 1. The van der Waals surface area contributed by atoms with Crippen LogP contribution in [0.5, 0.6) is 5.75 Å². The molecule has 0 aliphatic carbocycles. The zero-order valence-electron chi connectivity index (χ0n) is 8.04. The first-order chi connectivity index (χ1) is 7.42. The number of carbonyl (C=O) groups is 1. The van der Waals surface area contributed by atoms with E-state index in [0.717, 1.165) is 0 Å². The third-order valence-corrected chi connectivity index (χ3v) is 1.65. The van der Waals surface area contributed by atoms with Crippen molar-refractivity contribution in [2.24, 2.45) is 5.84 Å². The molecule has 0 saturated carbocycles. The van der Waals surface area contributed by atoms with E-state index in [4.69, 9.17) is 5.84 Å². The van der Waals surface area contributed by atoms with E-state index >= 15 is 0 Å². The first-order valence-electron chi connectivity index (χ1n) is 4.23. The summed E-state index contributed by atoms with van der Waals surface area (Å²) in [6.45, 7) is -1.37. The lowest BCUT2D eigenvalue weighted by Crippen LogP contribution is -2.29. The Morgan fingerprint density at radius 1 is 1.31 bits per heavy atom. The number of nitrogen functional groups attached to an aromatic ring is 1. The molecular formula is C9H9F3N2O2. The van der Waals surface area contributed by atoms with E-state index in [1.807, 2.05) is 5.43 Å². The van der Waals surface area contributed by atoms with Crippen molar-refractivity contribution in [1.29, 1.82) is 0 Å². The van der Waals surface area contributed by atoms with E-state index in [-0.39, 0.29) is 11.3 Å². The average Bonchev–Trinajstić information content (AvgIpc) is 2.25. The number of carbonyl (C=O) groups excluding carboxylic acids is 1. The Balaban J connectivity index is 2.62. The van der Waals surface area contributed by atoms with Crippen molar-refractivity contribution >= 4 is 5.91 Å². The molecule has 0 unspecified atom stereocenters. The summed E-state index contributed by atoms with van der Waals surface area (Å²) in [7, 11) is 0. The molecule has 0 aromatic heterocycles. The van der Waals surface area contributed by atoms with Gasteiger partial charge in [-0.25, -0.2) is 5.84 Å². The van der Waals surface area contributed by atoms with E-state index in [2.05, 4.69) is 4.74 Å². The Kier molecular flexibility index (Phi) is 3.73. The molecule has 0 atom stereocenters. The maximum absolute atomic E-state index is 11.8. The zero-order valence-corrected chi connectivity index (χ0v) is 8.04. The third kappa shape index (κ3) is 3.77. The summed E-state index contributed by atoms with van der Waals surface area (Å²) in [6.07, 6.45) is -4.38. The number of nitrogens with two attached hydrogens (primary N) is 1.